The quantitative estimate of drug-likeness (QED) is 0.669. The second-order valence-corrected chi connectivity index (χ2v) is 4.38. The average Bonchev–Trinajstić information content (AvgIpc) is 2.37. The van der Waals surface area contributed by atoms with Crippen LogP contribution in [0, 0.1) is 22.7 Å². The highest BCUT2D eigenvalue weighted by molar-refractivity contribution is 14.1. The number of halogens is 1. The van der Waals surface area contributed by atoms with Gasteiger partial charge < -0.3 is 0 Å². The average molecular weight is 316 g/mol. The molecule has 0 radical (unpaired) electrons. The van der Waals surface area contributed by atoms with Crippen LogP contribution >= 0.6 is 22.6 Å². The molecule has 14 heavy (non-hydrogen) atoms. The van der Waals surface area contributed by atoms with Crippen molar-refractivity contribution in [2.75, 3.05) is 0 Å². The van der Waals surface area contributed by atoms with Crippen LogP contribution in [-0.4, -0.2) is 0 Å². The molecule has 0 aliphatic carbocycles. The summed E-state index contributed by atoms with van der Waals surface area (Å²) in [5, 5.41) is 0. The first kappa shape index (κ1) is 2.99. The molecule has 1 aromatic rings. The molecule has 1 heteroatoms. The number of hydrogen-bond acceptors (Lipinski definition) is 0. The summed E-state index contributed by atoms with van der Waals surface area (Å²) < 4.78 is 108. The van der Waals surface area contributed by atoms with E-state index in [-0.39, 0.29) is 3.57 Å². The van der Waals surface area contributed by atoms with Crippen molar-refractivity contribution in [2.24, 2.45) is 5.41 Å². The molecule has 0 atom stereocenters. The first-order valence-corrected chi connectivity index (χ1v) is 4.97. The maximum atomic E-state index is 8.24. The lowest BCUT2D eigenvalue weighted by atomic mass is 9.87. The molecule has 0 nitrogen and oxygen atoms in total. The van der Waals surface area contributed by atoms with Crippen LogP contribution in [0.4, 0.5) is 0 Å². The van der Waals surface area contributed by atoms with Crippen LogP contribution in [0.3, 0.4) is 0 Å². The molecule has 0 N–H and O–H groups in total. The van der Waals surface area contributed by atoms with Gasteiger partial charge in [0.2, 0.25) is 0 Å². The summed E-state index contributed by atoms with van der Waals surface area (Å²) in [5.41, 5.74) is -4.21. The van der Waals surface area contributed by atoms with Crippen LogP contribution < -0.4 is 0 Å². The van der Waals surface area contributed by atoms with E-state index in [4.69, 9.17) is 19.2 Å². The monoisotopic (exact) mass is 316 g/mol. The van der Waals surface area contributed by atoms with Gasteiger partial charge in [0.15, 0.2) is 0 Å². The summed E-state index contributed by atoms with van der Waals surface area (Å²) in [7, 11) is 0. The van der Waals surface area contributed by atoms with Gasteiger partial charge in [0, 0.05) is 20.0 Å². The summed E-state index contributed by atoms with van der Waals surface area (Å²) in [6, 6.07) is -1.47. The lowest BCUT2D eigenvalue weighted by Crippen LogP contribution is -2.09. The Morgan fingerprint density at radius 3 is 2.36 bits per heavy atom. The van der Waals surface area contributed by atoms with Crippen LogP contribution in [0.1, 0.15) is 56.5 Å². The Bertz CT molecular complexity index is 694. The van der Waals surface area contributed by atoms with E-state index in [1.54, 1.807) is 0 Å². The van der Waals surface area contributed by atoms with Gasteiger partial charge >= 0.3 is 0 Å². The van der Waals surface area contributed by atoms with E-state index in [0.29, 0.717) is 0 Å². The summed E-state index contributed by atoms with van der Waals surface area (Å²) >= 11 is 1.45. The minimum absolute atomic E-state index is 0.305. The standard InChI is InChI=1S/C13H19I/c1-9-6-11(8-13(3,4)5)7-10(2)12(9)14/h6-7H,8H2,1-5H3/i1D3,2D3,3D3,4D3,6D,7D. The summed E-state index contributed by atoms with van der Waals surface area (Å²) in [6.07, 6.45) is -0.874. The highest BCUT2D eigenvalue weighted by Crippen LogP contribution is 2.24. The lowest BCUT2D eigenvalue weighted by molar-refractivity contribution is 0.411. The van der Waals surface area contributed by atoms with E-state index in [1.807, 2.05) is 0 Å². The summed E-state index contributed by atoms with van der Waals surface area (Å²) in [6.45, 7) is -11.0. The van der Waals surface area contributed by atoms with Crippen molar-refractivity contribution >= 4 is 22.6 Å². The highest BCUT2D eigenvalue weighted by atomic mass is 127. The van der Waals surface area contributed by atoms with E-state index in [2.05, 4.69) is 0 Å². The number of rotatable bonds is 1. The van der Waals surface area contributed by atoms with Crippen molar-refractivity contribution in [2.45, 2.75) is 40.8 Å². The van der Waals surface area contributed by atoms with Crippen LogP contribution in [0.2, 0.25) is 0 Å². The zero-order valence-electron chi connectivity index (χ0n) is 21.6. The Labute approximate surface area is 121 Å². The van der Waals surface area contributed by atoms with Crippen molar-refractivity contribution in [3.05, 3.63) is 32.3 Å². The molecule has 0 saturated heterocycles. The summed E-state index contributed by atoms with van der Waals surface area (Å²) in [5.74, 6) is 0. The second-order valence-electron chi connectivity index (χ2n) is 3.30. The van der Waals surface area contributed by atoms with Crippen molar-refractivity contribution in [3.8, 4) is 0 Å². The molecule has 0 spiro atoms. The Balaban J connectivity index is 4.01. The van der Waals surface area contributed by atoms with Crippen molar-refractivity contribution in [1.82, 2.24) is 0 Å². The topological polar surface area (TPSA) is 0 Å². The van der Waals surface area contributed by atoms with Crippen LogP contribution in [0.25, 0.3) is 0 Å². The predicted octanol–water partition coefficient (Wildman–Crippen LogP) is 4.50. The van der Waals surface area contributed by atoms with Crippen LogP contribution in [0.15, 0.2) is 12.1 Å². The molecule has 1 rings (SSSR count). The third-order valence-electron chi connectivity index (χ3n) is 1.52. The first-order chi connectivity index (χ1) is 12.1. The predicted molar refractivity (Wildman–Crippen MR) is 71.8 cm³/mol. The first-order valence-electron chi connectivity index (χ1n) is 10.9. The van der Waals surface area contributed by atoms with E-state index in [9.17, 15) is 0 Å². The van der Waals surface area contributed by atoms with E-state index in [1.165, 1.54) is 22.6 Å². The molecule has 0 aliphatic heterocycles. The minimum atomic E-state index is -3.04. The Morgan fingerprint density at radius 1 is 1.36 bits per heavy atom. The minimum Gasteiger partial charge on any atom is -0.0599 e. The summed E-state index contributed by atoms with van der Waals surface area (Å²) in [4.78, 5) is 0. The molecular formula is C13H19I. The second kappa shape index (κ2) is 4.21. The molecule has 0 unspecified atom stereocenters. The van der Waals surface area contributed by atoms with Crippen LogP contribution in [-0.2, 0) is 6.42 Å². The van der Waals surface area contributed by atoms with E-state index < -0.39 is 68.0 Å². The van der Waals surface area contributed by atoms with Crippen molar-refractivity contribution in [1.29, 1.82) is 0 Å². The Hall–Kier alpha value is -0.0500. The molecule has 78 valence electrons. The molecular weight excluding hydrogens is 283 g/mol. The fraction of sp³-hybridized carbons (Fsp3) is 0.538. The molecule has 1 aromatic carbocycles. The molecule has 0 aromatic heterocycles. The van der Waals surface area contributed by atoms with Gasteiger partial charge in [-0.3, -0.25) is 0 Å². The lowest BCUT2D eigenvalue weighted by Gasteiger charge is -2.19. The smallest absolute Gasteiger partial charge is 0.0599 e. The highest BCUT2D eigenvalue weighted by Gasteiger charge is 2.12. The van der Waals surface area contributed by atoms with Gasteiger partial charge in [-0.1, -0.05) is 32.7 Å². The van der Waals surface area contributed by atoms with Gasteiger partial charge in [0.1, 0.15) is 0 Å². The van der Waals surface area contributed by atoms with Gasteiger partial charge in [-0.05, 0) is 64.8 Å². The number of benzene rings is 1. The third-order valence-corrected chi connectivity index (χ3v) is 2.60. The fourth-order valence-corrected chi connectivity index (χ4v) is 1.28. The van der Waals surface area contributed by atoms with Gasteiger partial charge in [0.25, 0.3) is 0 Å². The molecule has 0 saturated carbocycles. The van der Waals surface area contributed by atoms with E-state index >= 15 is 0 Å². The number of hydrogen-bond donors (Lipinski definition) is 0. The molecule has 0 fully saturated rings. The molecule has 0 amide bonds. The zero-order chi connectivity index (χ0) is 22.7. The molecule has 0 heterocycles. The largest absolute Gasteiger partial charge is 0.0629 e. The van der Waals surface area contributed by atoms with Gasteiger partial charge in [-0.25, -0.2) is 0 Å². The zero-order valence-corrected chi connectivity index (χ0v) is 9.74. The normalized spacial score (nSPS) is 30.1. The van der Waals surface area contributed by atoms with Gasteiger partial charge in [0.05, 0.1) is 2.74 Å². The third kappa shape index (κ3) is 3.26. The fourth-order valence-electron chi connectivity index (χ4n) is 1.01. The van der Waals surface area contributed by atoms with Gasteiger partial charge in [-0.2, -0.15) is 0 Å². The van der Waals surface area contributed by atoms with Gasteiger partial charge in [-0.15, -0.1) is 0 Å². The maximum absolute atomic E-state index is 8.24. The van der Waals surface area contributed by atoms with Crippen LogP contribution in [0.5, 0.6) is 0 Å². The maximum Gasteiger partial charge on any atom is 0.0629 e. The molecule has 0 aliphatic rings. The molecule has 0 bridgehead atoms. The Kier molecular flexibility index (Phi) is 0.901. The van der Waals surface area contributed by atoms with Crippen molar-refractivity contribution < 1.29 is 19.2 Å². The Morgan fingerprint density at radius 2 is 1.93 bits per heavy atom. The van der Waals surface area contributed by atoms with Crippen molar-refractivity contribution in [3.63, 3.8) is 0 Å². The van der Waals surface area contributed by atoms with E-state index in [0.717, 1.165) is 6.92 Å². The SMILES string of the molecule is [2H]c1c(CC(C)(C([2H])([2H])[2H])C([2H])([2H])[2H])c([2H])c(C([2H])([2H])[2H])c(I)c1C([2H])([2H])[2H].